The average molecular weight is 308 g/mol. The van der Waals surface area contributed by atoms with Crippen molar-refractivity contribution >= 4 is 11.8 Å². The quantitative estimate of drug-likeness (QED) is 0.789. The van der Waals surface area contributed by atoms with E-state index in [-0.39, 0.29) is 29.4 Å². The second kappa shape index (κ2) is 6.57. The van der Waals surface area contributed by atoms with E-state index < -0.39 is 0 Å². The summed E-state index contributed by atoms with van der Waals surface area (Å²) in [5.41, 5.74) is -0.346. The van der Waals surface area contributed by atoms with E-state index in [0.29, 0.717) is 13.0 Å². The van der Waals surface area contributed by atoms with Gasteiger partial charge < -0.3 is 15.0 Å². The van der Waals surface area contributed by atoms with Crippen molar-refractivity contribution in [3.8, 4) is 0 Å². The summed E-state index contributed by atoms with van der Waals surface area (Å²) in [7, 11) is 0. The molecule has 2 amide bonds. The molecule has 0 radical (unpaired) electrons. The highest BCUT2D eigenvalue weighted by molar-refractivity contribution is 5.83. The molecule has 5 nitrogen and oxygen atoms in total. The molecule has 0 unspecified atom stereocenters. The molecule has 0 aliphatic carbocycles. The molecule has 0 aromatic rings. The van der Waals surface area contributed by atoms with Gasteiger partial charge in [-0.15, -0.1) is 0 Å². The fraction of sp³-hybridized carbons (Fsp3) is 0.882. The van der Waals surface area contributed by atoms with Gasteiger partial charge in [0.05, 0.1) is 17.6 Å². The summed E-state index contributed by atoms with van der Waals surface area (Å²) in [6, 6.07) is 0. The molecular weight excluding hydrogens is 280 g/mol. The molecule has 3 aliphatic rings. The van der Waals surface area contributed by atoms with Crippen LogP contribution in [-0.2, 0) is 14.3 Å². The Labute approximate surface area is 132 Å². The molecule has 0 saturated carbocycles. The smallest absolute Gasteiger partial charge is 0.228 e. The Morgan fingerprint density at radius 3 is 2.95 bits per heavy atom. The van der Waals surface area contributed by atoms with Gasteiger partial charge in [0.15, 0.2) is 0 Å². The summed E-state index contributed by atoms with van der Waals surface area (Å²) in [6.07, 6.45) is 8.16. The molecule has 0 spiro atoms. The number of ether oxygens (including phenoxy) is 1. The number of nitrogens with zero attached hydrogens (tertiary/aromatic N) is 1. The van der Waals surface area contributed by atoms with Gasteiger partial charge >= 0.3 is 0 Å². The van der Waals surface area contributed by atoms with E-state index in [1.807, 2.05) is 11.8 Å². The van der Waals surface area contributed by atoms with Gasteiger partial charge in [-0.1, -0.05) is 6.42 Å². The SMILES string of the molecule is C[C@@]1(C(=O)NCCCN2CCCCCC2=O)C[C@H]2CC[C@H]1O2. The summed E-state index contributed by atoms with van der Waals surface area (Å²) >= 11 is 0. The van der Waals surface area contributed by atoms with Gasteiger partial charge in [-0.3, -0.25) is 9.59 Å². The van der Waals surface area contributed by atoms with Crippen LogP contribution in [0, 0.1) is 5.41 Å². The molecule has 5 heteroatoms. The van der Waals surface area contributed by atoms with Gasteiger partial charge in [0.2, 0.25) is 11.8 Å². The number of carbonyl (C=O) groups is 2. The number of hydrogen-bond acceptors (Lipinski definition) is 3. The van der Waals surface area contributed by atoms with Crippen LogP contribution in [0.3, 0.4) is 0 Å². The highest BCUT2D eigenvalue weighted by Crippen LogP contribution is 2.47. The number of nitrogens with one attached hydrogen (secondary N) is 1. The Morgan fingerprint density at radius 2 is 2.23 bits per heavy atom. The molecule has 1 N–H and O–H groups in total. The van der Waals surface area contributed by atoms with Gasteiger partial charge in [0.25, 0.3) is 0 Å². The highest BCUT2D eigenvalue weighted by Gasteiger charge is 2.53. The van der Waals surface area contributed by atoms with E-state index in [1.165, 1.54) is 0 Å². The van der Waals surface area contributed by atoms with Crippen LogP contribution in [-0.4, -0.2) is 48.6 Å². The first-order valence-corrected chi connectivity index (χ1v) is 8.81. The van der Waals surface area contributed by atoms with Crippen molar-refractivity contribution in [2.75, 3.05) is 19.6 Å². The van der Waals surface area contributed by atoms with Gasteiger partial charge in [-0.2, -0.15) is 0 Å². The third kappa shape index (κ3) is 3.14. The summed E-state index contributed by atoms with van der Waals surface area (Å²) in [6.45, 7) is 4.32. The van der Waals surface area contributed by atoms with Crippen LogP contribution in [0.5, 0.6) is 0 Å². The Kier molecular flexibility index (Phi) is 4.71. The van der Waals surface area contributed by atoms with E-state index >= 15 is 0 Å². The lowest BCUT2D eigenvalue weighted by molar-refractivity contribution is -0.132. The van der Waals surface area contributed by atoms with Crippen molar-refractivity contribution in [3.05, 3.63) is 0 Å². The molecule has 3 saturated heterocycles. The Bertz CT molecular complexity index is 440. The predicted molar refractivity (Wildman–Crippen MR) is 83.3 cm³/mol. The van der Waals surface area contributed by atoms with Crippen LogP contribution < -0.4 is 5.32 Å². The Morgan fingerprint density at radius 1 is 1.36 bits per heavy atom. The first-order valence-electron chi connectivity index (χ1n) is 8.81. The van der Waals surface area contributed by atoms with Crippen LogP contribution in [0.25, 0.3) is 0 Å². The van der Waals surface area contributed by atoms with Crippen LogP contribution in [0.4, 0.5) is 0 Å². The maximum atomic E-state index is 12.5. The third-order valence-corrected chi connectivity index (χ3v) is 5.55. The fourth-order valence-electron chi connectivity index (χ4n) is 4.12. The van der Waals surface area contributed by atoms with E-state index in [2.05, 4.69) is 5.32 Å². The first kappa shape index (κ1) is 15.8. The number of carbonyl (C=O) groups excluding carboxylic acids is 2. The Balaban J connectivity index is 1.39. The molecule has 3 atom stereocenters. The predicted octanol–water partition coefficient (Wildman–Crippen LogP) is 1.85. The number of fused-ring (bicyclic) bond motifs is 2. The molecule has 22 heavy (non-hydrogen) atoms. The van der Waals surface area contributed by atoms with Crippen molar-refractivity contribution < 1.29 is 14.3 Å². The first-order chi connectivity index (χ1) is 10.6. The van der Waals surface area contributed by atoms with Gasteiger partial charge in [-0.05, 0) is 45.4 Å². The molecule has 0 aromatic carbocycles. The van der Waals surface area contributed by atoms with E-state index in [9.17, 15) is 9.59 Å². The van der Waals surface area contributed by atoms with Gasteiger partial charge in [0, 0.05) is 26.1 Å². The minimum atomic E-state index is -0.346. The van der Waals surface area contributed by atoms with Crippen LogP contribution >= 0.6 is 0 Å². The number of amides is 2. The lowest BCUT2D eigenvalue weighted by Gasteiger charge is -2.30. The topological polar surface area (TPSA) is 58.6 Å². The van der Waals surface area contributed by atoms with Crippen molar-refractivity contribution in [3.63, 3.8) is 0 Å². The zero-order valence-corrected chi connectivity index (χ0v) is 13.6. The zero-order valence-electron chi connectivity index (χ0n) is 13.6. The Hall–Kier alpha value is -1.10. The number of rotatable bonds is 5. The van der Waals surface area contributed by atoms with Crippen LogP contribution in [0.2, 0.25) is 0 Å². The number of likely N-dealkylation sites (tertiary alicyclic amines) is 1. The normalized spacial score (nSPS) is 34.8. The van der Waals surface area contributed by atoms with Gasteiger partial charge in [-0.25, -0.2) is 0 Å². The maximum absolute atomic E-state index is 12.5. The molecule has 2 bridgehead atoms. The minimum absolute atomic E-state index is 0.102. The third-order valence-electron chi connectivity index (χ3n) is 5.55. The maximum Gasteiger partial charge on any atom is 0.228 e. The summed E-state index contributed by atoms with van der Waals surface area (Å²) in [5, 5.41) is 3.06. The molecule has 3 fully saturated rings. The molecular formula is C17H28N2O3. The van der Waals surface area contributed by atoms with Crippen molar-refractivity contribution in [2.45, 2.75) is 70.5 Å². The van der Waals surface area contributed by atoms with E-state index in [0.717, 1.165) is 58.0 Å². The largest absolute Gasteiger partial charge is 0.374 e. The van der Waals surface area contributed by atoms with Crippen LogP contribution in [0.15, 0.2) is 0 Å². The lowest BCUT2D eigenvalue weighted by atomic mass is 9.75. The summed E-state index contributed by atoms with van der Waals surface area (Å²) < 4.78 is 5.82. The fourth-order valence-corrected chi connectivity index (χ4v) is 4.12. The highest BCUT2D eigenvalue weighted by atomic mass is 16.5. The zero-order chi connectivity index (χ0) is 15.6. The summed E-state index contributed by atoms with van der Waals surface area (Å²) in [5.74, 6) is 0.402. The second-order valence-corrected chi connectivity index (χ2v) is 7.25. The van der Waals surface area contributed by atoms with Crippen molar-refractivity contribution in [1.82, 2.24) is 10.2 Å². The standard InChI is InChI=1S/C17H28N2O3/c1-17(12-13-7-8-14(17)22-13)16(21)18-9-5-11-19-10-4-2-3-6-15(19)20/h13-14H,2-12H2,1H3,(H,18,21)/t13-,14-,17-/m1/s1. The molecule has 3 heterocycles. The minimum Gasteiger partial charge on any atom is -0.374 e. The average Bonchev–Trinajstić information content (AvgIpc) is 3.02. The molecule has 124 valence electrons. The van der Waals surface area contributed by atoms with Crippen molar-refractivity contribution in [1.29, 1.82) is 0 Å². The van der Waals surface area contributed by atoms with Gasteiger partial charge in [0.1, 0.15) is 0 Å². The number of hydrogen-bond donors (Lipinski definition) is 1. The van der Waals surface area contributed by atoms with E-state index in [4.69, 9.17) is 4.74 Å². The molecule has 3 aliphatic heterocycles. The summed E-state index contributed by atoms with van der Waals surface area (Å²) in [4.78, 5) is 26.3. The lowest BCUT2D eigenvalue weighted by Crippen LogP contribution is -2.45. The van der Waals surface area contributed by atoms with Crippen LogP contribution in [0.1, 0.15) is 58.3 Å². The molecule has 0 aromatic heterocycles. The second-order valence-electron chi connectivity index (χ2n) is 7.25. The monoisotopic (exact) mass is 308 g/mol. The van der Waals surface area contributed by atoms with E-state index in [1.54, 1.807) is 0 Å². The van der Waals surface area contributed by atoms with Crippen molar-refractivity contribution in [2.24, 2.45) is 5.41 Å². The molecule has 3 rings (SSSR count).